The fraction of sp³-hybridized carbons (Fsp3) is 0.375. The van der Waals surface area contributed by atoms with Crippen LogP contribution in [-0.2, 0) is 19.1 Å². The number of carbonyl (C=O) groups is 2. The number of benzene rings is 2. The van der Waals surface area contributed by atoms with E-state index in [-0.39, 0.29) is 30.5 Å². The van der Waals surface area contributed by atoms with Gasteiger partial charge in [0.05, 0.1) is 59.9 Å². The lowest BCUT2D eigenvalue weighted by molar-refractivity contribution is -0.143. The largest absolute Gasteiger partial charge is 0.493 e. The Kier molecular flexibility index (Phi) is 11.1. The zero-order valence-electron chi connectivity index (χ0n) is 26.1. The predicted octanol–water partition coefficient (Wildman–Crippen LogP) is 4.31. The second-order valence-electron chi connectivity index (χ2n) is 10.0. The number of thiazole rings is 1. The number of esters is 2. The normalized spacial score (nSPS) is 14.5. The van der Waals surface area contributed by atoms with E-state index >= 15 is 0 Å². The van der Waals surface area contributed by atoms with E-state index in [9.17, 15) is 14.4 Å². The number of nitrogens with zero attached hydrogens (tertiary/aromatic N) is 2. The van der Waals surface area contributed by atoms with Crippen LogP contribution in [0.15, 0.2) is 55.9 Å². The molecule has 0 fully saturated rings. The fourth-order valence-electron chi connectivity index (χ4n) is 4.71. The Balaban J connectivity index is 1.90. The summed E-state index contributed by atoms with van der Waals surface area (Å²) in [7, 11) is 2.82. The van der Waals surface area contributed by atoms with Gasteiger partial charge in [0.1, 0.15) is 0 Å². The van der Waals surface area contributed by atoms with E-state index in [1.807, 2.05) is 26.8 Å². The van der Waals surface area contributed by atoms with Crippen LogP contribution in [0.3, 0.4) is 0 Å². The van der Waals surface area contributed by atoms with Gasteiger partial charge in [0.15, 0.2) is 34.4 Å². The fourth-order valence-corrected chi connectivity index (χ4v) is 6.31. The molecule has 240 valence electrons. The number of hydrogen-bond acceptors (Lipinski definition) is 11. The van der Waals surface area contributed by atoms with Crippen LogP contribution in [0.5, 0.6) is 23.0 Å². The summed E-state index contributed by atoms with van der Waals surface area (Å²) in [4.78, 5) is 44.2. The van der Waals surface area contributed by atoms with Crippen molar-refractivity contribution >= 4 is 45.3 Å². The van der Waals surface area contributed by atoms with Crippen LogP contribution < -0.4 is 33.8 Å². The third-order valence-electron chi connectivity index (χ3n) is 6.58. The molecule has 0 aliphatic carbocycles. The third-order valence-corrected chi connectivity index (χ3v) is 8.15. The molecule has 3 aromatic rings. The monoisotopic (exact) mass is 702 g/mol. The van der Waals surface area contributed by atoms with Crippen molar-refractivity contribution in [3.05, 3.63) is 76.9 Å². The van der Waals surface area contributed by atoms with Crippen molar-refractivity contribution in [3.8, 4) is 23.0 Å². The van der Waals surface area contributed by atoms with Crippen LogP contribution in [0.25, 0.3) is 6.08 Å². The van der Waals surface area contributed by atoms with Crippen molar-refractivity contribution in [2.75, 3.05) is 34.0 Å². The van der Waals surface area contributed by atoms with Crippen LogP contribution in [0.2, 0.25) is 0 Å². The first kappa shape index (κ1) is 33.8. The van der Waals surface area contributed by atoms with E-state index < -0.39 is 18.0 Å². The first-order chi connectivity index (χ1) is 21.5. The predicted molar refractivity (Wildman–Crippen MR) is 172 cm³/mol. The Morgan fingerprint density at radius 1 is 1.07 bits per heavy atom. The van der Waals surface area contributed by atoms with Crippen LogP contribution in [-0.4, -0.2) is 56.6 Å². The van der Waals surface area contributed by atoms with Gasteiger partial charge in [-0.25, -0.2) is 14.6 Å². The average molecular weight is 704 g/mol. The molecular weight excluding hydrogens is 668 g/mol. The zero-order valence-corrected chi connectivity index (χ0v) is 28.5. The lowest BCUT2D eigenvalue weighted by atomic mass is 9.95. The van der Waals surface area contributed by atoms with Gasteiger partial charge in [-0.2, -0.15) is 0 Å². The molecule has 2 aromatic carbocycles. The number of aromatic nitrogens is 1. The quantitative estimate of drug-likeness (QED) is 0.254. The van der Waals surface area contributed by atoms with Crippen LogP contribution >= 0.6 is 27.3 Å². The number of carbonyl (C=O) groups excluding carboxylic acids is 2. The van der Waals surface area contributed by atoms with Crippen molar-refractivity contribution in [2.45, 2.75) is 46.8 Å². The standard InChI is InChI=1S/C32H35BrN2O9S/c1-8-41-23-15-20(10-11-22(23)43-16-26(36)40-7)28-27(31(38)42-9-2)18(5)34-32-35(28)30(37)25(45-32)14-19-12-21(33)29(44-17(3)4)24(13-19)39-6/h10-15,17,28H,8-9,16H2,1-7H3/b25-14+/t28-/m0/s1. The number of methoxy groups -OCH3 is 2. The summed E-state index contributed by atoms with van der Waals surface area (Å²) in [5, 5.41) is 0. The Morgan fingerprint density at radius 3 is 2.47 bits per heavy atom. The first-order valence-electron chi connectivity index (χ1n) is 14.2. The Bertz CT molecular complexity index is 1810. The van der Waals surface area contributed by atoms with Gasteiger partial charge in [0, 0.05) is 0 Å². The Labute approximate surface area is 272 Å². The SMILES string of the molecule is CCOC(=O)C1=C(C)N=c2s/c(=C/c3cc(Br)c(OC(C)C)c(OC)c3)c(=O)n2[C@H]1c1ccc(OCC(=O)OC)c(OCC)c1. The maximum absolute atomic E-state index is 14.1. The minimum absolute atomic E-state index is 0.0710. The topological polar surface area (TPSA) is 124 Å². The van der Waals surface area contributed by atoms with Gasteiger partial charge in [-0.3, -0.25) is 9.36 Å². The molecule has 0 spiro atoms. The summed E-state index contributed by atoms with van der Waals surface area (Å²) in [6.45, 7) is 9.21. The summed E-state index contributed by atoms with van der Waals surface area (Å²) in [5.74, 6) is 0.569. The summed E-state index contributed by atoms with van der Waals surface area (Å²) < 4.78 is 35.5. The number of fused-ring (bicyclic) bond motifs is 1. The van der Waals surface area contributed by atoms with Crippen LogP contribution in [0.4, 0.5) is 0 Å². The average Bonchev–Trinajstić information content (AvgIpc) is 3.30. The highest BCUT2D eigenvalue weighted by molar-refractivity contribution is 9.10. The van der Waals surface area contributed by atoms with Crippen molar-refractivity contribution < 1.29 is 38.0 Å². The summed E-state index contributed by atoms with van der Waals surface area (Å²) in [6, 6.07) is 7.78. The molecule has 11 nitrogen and oxygen atoms in total. The number of halogens is 1. The van der Waals surface area contributed by atoms with Gasteiger partial charge in [0.2, 0.25) is 0 Å². The molecule has 0 radical (unpaired) electrons. The summed E-state index contributed by atoms with van der Waals surface area (Å²) >= 11 is 4.76. The van der Waals surface area contributed by atoms with E-state index in [2.05, 4.69) is 25.7 Å². The molecule has 0 bridgehead atoms. The minimum Gasteiger partial charge on any atom is -0.493 e. The van der Waals surface area contributed by atoms with E-state index in [0.717, 1.165) is 0 Å². The van der Waals surface area contributed by atoms with E-state index in [4.69, 9.17) is 23.7 Å². The summed E-state index contributed by atoms with van der Waals surface area (Å²) in [6.07, 6.45) is 1.67. The molecule has 0 unspecified atom stereocenters. The van der Waals surface area contributed by atoms with Crippen LogP contribution in [0, 0.1) is 0 Å². The van der Waals surface area contributed by atoms with Crippen LogP contribution in [0.1, 0.15) is 51.8 Å². The van der Waals surface area contributed by atoms with Crippen molar-refractivity contribution in [2.24, 2.45) is 4.99 Å². The molecule has 13 heteroatoms. The number of allylic oxidation sites excluding steroid dienone is 1. The van der Waals surface area contributed by atoms with E-state index in [1.165, 1.54) is 23.0 Å². The molecule has 45 heavy (non-hydrogen) atoms. The van der Waals surface area contributed by atoms with Gasteiger partial charge in [0.25, 0.3) is 5.56 Å². The van der Waals surface area contributed by atoms with Gasteiger partial charge in [-0.1, -0.05) is 17.4 Å². The molecule has 0 amide bonds. The molecule has 2 heterocycles. The van der Waals surface area contributed by atoms with Gasteiger partial charge >= 0.3 is 11.9 Å². The minimum atomic E-state index is -0.876. The Hall–Kier alpha value is -4.10. The van der Waals surface area contributed by atoms with Gasteiger partial charge in [-0.15, -0.1) is 0 Å². The molecule has 1 atom stereocenters. The first-order valence-corrected chi connectivity index (χ1v) is 15.8. The second kappa shape index (κ2) is 14.8. The smallest absolute Gasteiger partial charge is 0.343 e. The van der Waals surface area contributed by atoms with E-state index in [0.29, 0.717) is 60.2 Å². The molecule has 1 aliphatic rings. The van der Waals surface area contributed by atoms with Gasteiger partial charge in [-0.05, 0) is 92.0 Å². The molecular formula is C32H35BrN2O9S. The van der Waals surface area contributed by atoms with E-state index in [1.54, 1.807) is 51.3 Å². The molecule has 0 saturated heterocycles. The highest BCUT2D eigenvalue weighted by Crippen LogP contribution is 2.38. The lowest BCUT2D eigenvalue weighted by Crippen LogP contribution is -2.40. The number of ether oxygens (including phenoxy) is 6. The van der Waals surface area contributed by atoms with Gasteiger partial charge < -0.3 is 28.4 Å². The molecule has 0 N–H and O–H groups in total. The van der Waals surface area contributed by atoms with Crippen molar-refractivity contribution in [1.29, 1.82) is 0 Å². The Morgan fingerprint density at radius 2 is 1.82 bits per heavy atom. The highest BCUT2D eigenvalue weighted by Gasteiger charge is 2.34. The third kappa shape index (κ3) is 7.42. The molecule has 4 rings (SSSR count). The highest BCUT2D eigenvalue weighted by atomic mass is 79.9. The van der Waals surface area contributed by atoms with Crippen molar-refractivity contribution in [1.82, 2.24) is 4.57 Å². The molecule has 1 aliphatic heterocycles. The second-order valence-corrected chi connectivity index (χ2v) is 11.9. The maximum Gasteiger partial charge on any atom is 0.343 e. The van der Waals surface area contributed by atoms with Crippen molar-refractivity contribution in [3.63, 3.8) is 0 Å². The number of rotatable bonds is 12. The number of hydrogen-bond donors (Lipinski definition) is 0. The summed E-state index contributed by atoms with van der Waals surface area (Å²) in [5.41, 5.74) is 1.56. The maximum atomic E-state index is 14.1. The molecule has 0 saturated carbocycles. The lowest BCUT2D eigenvalue weighted by Gasteiger charge is -2.25. The molecule has 1 aromatic heterocycles. The zero-order chi connectivity index (χ0) is 32.8.